The number of amides is 7. The molecule has 1 heterocycles. The number of ether oxygens (including phenoxy) is 1. The molecule has 23 nitrogen and oxygen atoms in total. The highest BCUT2D eigenvalue weighted by Gasteiger charge is 2.34. The van der Waals surface area contributed by atoms with Crippen LogP contribution >= 0.6 is 0 Å². The smallest absolute Gasteiger partial charge is 0.326 e. The van der Waals surface area contributed by atoms with Crippen molar-refractivity contribution in [2.75, 3.05) is 20.3 Å². The SMILES string of the molecule is C=C1NC(=O)CC[C@H](C(=O)O)NC(=O)[C@@H](C)[C@H](/C=C/C(C)=C/[C@H](C)[C@H](Cc2ccccc2)OC)NC(=O)[C@H](CCCN=C(N)N)NC(=O)C[C@H](C(=O)O)NC(=O)[C@H](CC(C)C)NC(=O)C(CO)NC1=O. The number of hydrogen-bond acceptors (Lipinski definition) is 12. The van der Waals surface area contributed by atoms with E-state index in [4.69, 9.17) is 16.2 Å². The van der Waals surface area contributed by atoms with Crippen LogP contribution in [0.15, 0.2) is 71.4 Å². The van der Waals surface area contributed by atoms with E-state index in [1.54, 1.807) is 34.0 Å². The number of carboxylic acid groups (broad SMARTS) is 2. The fraction of sp³-hybridized carbons (Fsp3) is 0.532. The van der Waals surface area contributed by atoms with Gasteiger partial charge in [0.15, 0.2) is 5.96 Å². The van der Waals surface area contributed by atoms with Gasteiger partial charge in [-0.05, 0) is 50.5 Å². The van der Waals surface area contributed by atoms with E-state index in [9.17, 15) is 58.5 Å². The number of hydrogen-bond donors (Lipinski definition) is 12. The predicted molar refractivity (Wildman–Crippen MR) is 257 cm³/mol. The number of nitrogens with zero attached hydrogens (tertiary/aromatic N) is 1. The fourth-order valence-corrected chi connectivity index (χ4v) is 7.15. The van der Waals surface area contributed by atoms with Crippen molar-refractivity contribution in [2.45, 2.75) is 122 Å². The zero-order valence-corrected chi connectivity index (χ0v) is 40.5. The van der Waals surface area contributed by atoms with Crippen molar-refractivity contribution in [1.29, 1.82) is 0 Å². The Hall–Kier alpha value is -7.14. The van der Waals surface area contributed by atoms with E-state index in [1.807, 2.05) is 43.3 Å². The molecule has 1 fully saturated rings. The number of carboxylic acids is 2. The number of guanidine groups is 1. The Morgan fingerprint density at radius 3 is 2.04 bits per heavy atom. The van der Waals surface area contributed by atoms with Gasteiger partial charge in [0.25, 0.3) is 5.91 Å². The summed E-state index contributed by atoms with van der Waals surface area (Å²) in [4.78, 5) is 123. The summed E-state index contributed by atoms with van der Waals surface area (Å²) in [6, 6.07) is 0.406. The lowest BCUT2D eigenvalue weighted by atomic mass is 9.94. The van der Waals surface area contributed by atoms with Gasteiger partial charge in [-0.25, -0.2) is 9.59 Å². The first-order chi connectivity index (χ1) is 32.9. The molecule has 1 aromatic carbocycles. The van der Waals surface area contributed by atoms with Crippen molar-refractivity contribution < 1.29 is 63.2 Å². The van der Waals surface area contributed by atoms with E-state index in [2.05, 4.69) is 48.8 Å². The highest BCUT2D eigenvalue weighted by molar-refractivity contribution is 6.00. The second kappa shape index (κ2) is 29.7. The van der Waals surface area contributed by atoms with Gasteiger partial charge in [-0.15, -0.1) is 0 Å². The molecule has 0 bridgehead atoms. The third-order valence-corrected chi connectivity index (χ3v) is 11.1. The van der Waals surface area contributed by atoms with Crippen molar-refractivity contribution in [3.05, 3.63) is 72.0 Å². The summed E-state index contributed by atoms with van der Waals surface area (Å²) >= 11 is 0. The molecular weight excluding hydrogens is 913 g/mol. The molecule has 1 unspecified atom stereocenters. The summed E-state index contributed by atoms with van der Waals surface area (Å²) in [5.41, 5.74) is 12.1. The van der Waals surface area contributed by atoms with Crippen molar-refractivity contribution in [1.82, 2.24) is 37.2 Å². The maximum absolute atomic E-state index is 14.2. The fourth-order valence-electron chi connectivity index (χ4n) is 7.15. The predicted octanol–water partition coefficient (Wildman–Crippen LogP) is -0.997. The third-order valence-electron chi connectivity index (χ3n) is 11.1. The minimum absolute atomic E-state index is 0.0132. The van der Waals surface area contributed by atoms with Crippen molar-refractivity contribution in [3.8, 4) is 0 Å². The molecule has 1 saturated heterocycles. The summed E-state index contributed by atoms with van der Waals surface area (Å²) in [6.45, 7) is 11.0. The molecule has 386 valence electrons. The number of carbonyl (C=O) groups excluding carboxylic acids is 7. The Labute approximate surface area is 407 Å². The van der Waals surface area contributed by atoms with Crippen LogP contribution in [0.2, 0.25) is 0 Å². The van der Waals surface area contributed by atoms with Crippen LogP contribution in [0, 0.1) is 17.8 Å². The zero-order chi connectivity index (χ0) is 52.7. The highest BCUT2D eigenvalue weighted by atomic mass is 16.5. The number of carbonyl (C=O) groups is 9. The van der Waals surface area contributed by atoms with E-state index < -0.39 is 127 Å². The Bertz CT molecular complexity index is 2110. The molecule has 2 rings (SSSR count). The van der Waals surface area contributed by atoms with E-state index in [1.165, 1.54) is 13.0 Å². The lowest BCUT2D eigenvalue weighted by Gasteiger charge is -2.27. The molecule has 7 amide bonds. The van der Waals surface area contributed by atoms with Gasteiger partial charge < -0.3 is 68.7 Å². The number of aliphatic imine (C=N–C) groups is 1. The second-order valence-electron chi connectivity index (χ2n) is 17.5. The molecule has 1 aromatic rings. The molecule has 23 heteroatoms. The van der Waals surface area contributed by atoms with Gasteiger partial charge in [0, 0.05) is 26.0 Å². The van der Waals surface area contributed by atoms with Gasteiger partial charge in [0.1, 0.15) is 30.2 Å². The lowest BCUT2D eigenvalue weighted by molar-refractivity contribution is -0.144. The number of benzene rings is 1. The minimum Gasteiger partial charge on any atom is -0.480 e. The number of nitrogens with two attached hydrogens (primary N) is 2. The molecule has 0 saturated carbocycles. The quantitative estimate of drug-likeness (QED) is 0.0311. The highest BCUT2D eigenvalue weighted by Crippen LogP contribution is 2.18. The van der Waals surface area contributed by atoms with Crippen LogP contribution in [0.3, 0.4) is 0 Å². The molecule has 1 aliphatic heterocycles. The number of aliphatic carboxylic acids is 2. The van der Waals surface area contributed by atoms with Crippen LogP contribution in [0.4, 0.5) is 0 Å². The number of nitrogens with one attached hydrogen (secondary N) is 7. The number of rotatable bonds is 16. The van der Waals surface area contributed by atoms with Gasteiger partial charge in [-0.2, -0.15) is 0 Å². The largest absolute Gasteiger partial charge is 0.480 e. The lowest BCUT2D eigenvalue weighted by Crippen LogP contribution is -2.58. The molecule has 0 spiro atoms. The normalized spacial score (nSPS) is 24.3. The summed E-state index contributed by atoms with van der Waals surface area (Å²) in [7, 11) is 1.60. The first-order valence-corrected chi connectivity index (χ1v) is 22.8. The number of methoxy groups -OCH3 is 1. The van der Waals surface area contributed by atoms with E-state index in [0.717, 1.165) is 5.56 Å². The van der Waals surface area contributed by atoms with Crippen LogP contribution in [0.1, 0.15) is 78.7 Å². The first kappa shape index (κ1) is 59.0. The van der Waals surface area contributed by atoms with Crippen LogP contribution in [0.5, 0.6) is 0 Å². The third kappa shape index (κ3) is 21.0. The minimum atomic E-state index is -1.90. The van der Waals surface area contributed by atoms with Crippen LogP contribution in [-0.4, -0.2) is 137 Å². The molecule has 70 heavy (non-hydrogen) atoms. The molecular formula is C47H70N10O13. The summed E-state index contributed by atoms with van der Waals surface area (Å²) in [6.07, 6.45) is 3.45. The van der Waals surface area contributed by atoms with Gasteiger partial charge in [0.05, 0.1) is 36.8 Å². The standard InChI is InChI=1S/C47H70N10O13/c1-25(2)20-34-43(64)56-35(46(68)69)23-39(60)52-32(14-11-19-50-47(48)49)42(63)53-31(16-15-26(3)21-27(4)37(70-7)22-30-12-9-8-10-13-30)28(5)40(61)54-33(45(66)67)17-18-38(59)51-29(6)41(62)57-36(24-58)44(65)55-34/h8-10,12-13,15-16,21,25,27-28,31-37,58H,6,11,14,17-20,22-24H2,1-5,7H3,(H,51,59)(H,52,60)(H,53,63)(H,54,61)(H,55,65)(H,56,64)(H,57,62)(H,66,67)(H,68,69)(H4,48,49,50)/b16-15+,26-21+/t27-,28-,31-,32-,33+,34-,35+,36?,37-/m0/s1. The van der Waals surface area contributed by atoms with E-state index in [-0.39, 0.29) is 49.7 Å². The van der Waals surface area contributed by atoms with Gasteiger partial charge in [-0.3, -0.25) is 38.6 Å². The number of allylic oxidation sites excluding steroid dienone is 2. The average Bonchev–Trinajstić information content (AvgIpc) is 3.29. The van der Waals surface area contributed by atoms with E-state index >= 15 is 0 Å². The molecule has 0 aromatic heterocycles. The number of aliphatic hydroxyl groups is 1. The van der Waals surface area contributed by atoms with Gasteiger partial charge in [-0.1, -0.05) is 88.4 Å². The first-order valence-electron chi connectivity index (χ1n) is 22.8. The summed E-state index contributed by atoms with van der Waals surface area (Å²) < 4.78 is 5.79. The van der Waals surface area contributed by atoms with E-state index in [0.29, 0.717) is 12.0 Å². The topological polar surface area (TPSA) is 372 Å². The molecule has 9 atom stereocenters. The van der Waals surface area contributed by atoms with Crippen molar-refractivity contribution in [3.63, 3.8) is 0 Å². The van der Waals surface area contributed by atoms with Gasteiger partial charge >= 0.3 is 11.9 Å². The zero-order valence-electron chi connectivity index (χ0n) is 40.5. The molecule has 14 N–H and O–H groups in total. The van der Waals surface area contributed by atoms with Crippen molar-refractivity contribution >= 4 is 59.2 Å². The Morgan fingerprint density at radius 2 is 1.46 bits per heavy atom. The second-order valence-corrected chi connectivity index (χ2v) is 17.5. The van der Waals surface area contributed by atoms with Gasteiger partial charge in [0.2, 0.25) is 35.4 Å². The number of aliphatic hydroxyl groups excluding tert-OH is 1. The van der Waals surface area contributed by atoms with Crippen LogP contribution in [-0.2, 0) is 54.3 Å². The van der Waals surface area contributed by atoms with Crippen molar-refractivity contribution in [2.24, 2.45) is 34.2 Å². The monoisotopic (exact) mass is 983 g/mol. The summed E-state index contributed by atoms with van der Waals surface area (Å²) in [5, 5.41) is 46.8. The molecule has 1 aliphatic rings. The Morgan fingerprint density at radius 1 is 0.843 bits per heavy atom. The molecule has 0 aliphatic carbocycles. The van der Waals surface area contributed by atoms with Crippen LogP contribution < -0.4 is 48.7 Å². The molecule has 0 radical (unpaired) electrons. The maximum atomic E-state index is 14.2. The Balaban J connectivity index is 2.67. The Kier molecular flexibility index (Phi) is 25.0. The average molecular weight is 983 g/mol. The maximum Gasteiger partial charge on any atom is 0.326 e. The summed E-state index contributed by atoms with van der Waals surface area (Å²) in [5.74, 6) is -11.9. The van der Waals surface area contributed by atoms with Crippen LogP contribution in [0.25, 0.3) is 0 Å².